The fraction of sp³-hybridized carbons (Fsp3) is 0.615. The summed E-state index contributed by atoms with van der Waals surface area (Å²) >= 11 is 0. The average Bonchev–Trinajstić information content (AvgIpc) is 3.32. The van der Waals surface area contributed by atoms with Gasteiger partial charge in [0, 0.05) is 24.1 Å². The Morgan fingerprint density at radius 1 is 1.25 bits per heavy atom. The Balaban J connectivity index is 1.58. The zero-order valence-electron chi connectivity index (χ0n) is 18.3. The molecule has 3 aliphatic rings. The van der Waals surface area contributed by atoms with Crippen molar-refractivity contribution in [2.75, 3.05) is 0 Å². The SMILES string of the molecule is C=C1NC(NCc2cc(CC3CC3C)cc(C)c2C2C=C(C)CCC2)C1CC. The summed E-state index contributed by atoms with van der Waals surface area (Å²) in [6.45, 7) is 14.4. The van der Waals surface area contributed by atoms with Crippen molar-refractivity contribution in [3.05, 3.63) is 58.3 Å². The fourth-order valence-corrected chi connectivity index (χ4v) is 5.48. The molecule has 1 heterocycles. The van der Waals surface area contributed by atoms with E-state index >= 15 is 0 Å². The third-order valence-electron chi connectivity index (χ3n) is 7.39. The lowest BCUT2D eigenvalue weighted by molar-refractivity contribution is 0.246. The van der Waals surface area contributed by atoms with Crippen LogP contribution < -0.4 is 10.6 Å². The highest BCUT2D eigenvalue weighted by molar-refractivity contribution is 5.44. The van der Waals surface area contributed by atoms with Crippen LogP contribution in [0, 0.1) is 24.7 Å². The summed E-state index contributed by atoms with van der Waals surface area (Å²) < 4.78 is 0. The molecule has 1 aromatic rings. The van der Waals surface area contributed by atoms with Crippen molar-refractivity contribution in [3.63, 3.8) is 0 Å². The summed E-state index contributed by atoms with van der Waals surface area (Å²) in [5, 5.41) is 7.28. The first kappa shape index (κ1) is 19.8. The molecule has 2 heteroatoms. The van der Waals surface area contributed by atoms with E-state index in [1.165, 1.54) is 48.9 Å². The van der Waals surface area contributed by atoms with E-state index in [9.17, 15) is 0 Å². The summed E-state index contributed by atoms with van der Waals surface area (Å²) in [7, 11) is 0. The van der Waals surface area contributed by atoms with E-state index in [2.05, 4.69) is 63.1 Å². The zero-order chi connectivity index (χ0) is 19.8. The summed E-state index contributed by atoms with van der Waals surface area (Å²) in [4.78, 5) is 0. The second kappa shape index (κ2) is 8.06. The van der Waals surface area contributed by atoms with Crippen molar-refractivity contribution >= 4 is 0 Å². The van der Waals surface area contributed by atoms with Crippen LogP contribution in [0.2, 0.25) is 0 Å². The number of rotatable bonds is 7. The van der Waals surface area contributed by atoms with Gasteiger partial charge in [-0.05, 0) is 86.5 Å². The molecule has 5 atom stereocenters. The number of benzene rings is 1. The molecule has 1 saturated heterocycles. The lowest BCUT2D eigenvalue weighted by atomic mass is 9.80. The lowest BCUT2D eigenvalue weighted by Gasteiger charge is -2.41. The minimum Gasteiger partial charge on any atom is -0.373 e. The summed E-state index contributed by atoms with van der Waals surface area (Å²) in [6.07, 6.45) is 10.6. The molecule has 4 rings (SSSR count). The molecule has 1 aromatic carbocycles. The number of hydrogen-bond donors (Lipinski definition) is 2. The molecular weight excluding hydrogens is 340 g/mol. The van der Waals surface area contributed by atoms with Crippen molar-refractivity contribution in [3.8, 4) is 0 Å². The first-order valence-electron chi connectivity index (χ1n) is 11.4. The molecule has 0 radical (unpaired) electrons. The molecular formula is C26H38N2. The molecule has 2 aliphatic carbocycles. The highest BCUT2D eigenvalue weighted by Crippen LogP contribution is 2.42. The Kier molecular flexibility index (Phi) is 5.69. The molecule has 1 saturated carbocycles. The Labute approximate surface area is 171 Å². The zero-order valence-corrected chi connectivity index (χ0v) is 18.3. The van der Waals surface area contributed by atoms with Crippen LogP contribution in [0.5, 0.6) is 0 Å². The first-order valence-corrected chi connectivity index (χ1v) is 11.4. The molecule has 0 spiro atoms. The minimum atomic E-state index is 0.376. The lowest BCUT2D eigenvalue weighted by Crippen LogP contribution is -2.58. The second-order valence-corrected chi connectivity index (χ2v) is 9.72. The highest BCUT2D eigenvalue weighted by atomic mass is 15.2. The van der Waals surface area contributed by atoms with Crippen LogP contribution in [-0.4, -0.2) is 6.17 Å². The topological polar surface area (TPSA) is 24.1 Å². The van der Waals surface area contributed by atoms with Gasteiger partial charge in [0.1, 0.15) is 0 Å². The maximum Gasteiger partial charge on any atom is 0.0851 e. The van der Waals surface area contributed by atoms with Gasteiger partial charge < -0.3 is 5.32 Å². The monoisotopic (exact) mass is 378 g/mol. The number of allylic oxidation sites excluding steroid dienone is 2. The minimum absolute atomic E-state index is 0.376. The van der Waals surface area contributed by atoms with Crippen LogP contribution in [-0.2, 0) is 13.0 Å². The van der Waals surface area contributed by atoms with Gasteiger partial charge in [-0.15, -0.1) is 0 Å². The molecule has 2 nitrogen and oxygen atoms in total. The van der Waals surface area contributed by atoms with Crippen molar-refractivity contribution in [2.24, 2.45) is 17.8 Å². The molecule has 28 heavy (non-hydrogen) atoms. The Bertz CT molecular complexity index is 775. The molecule has 5 unspecified atom stereocenters. The quantitative estimate of drug-likeness (QED) is 0.572. The Hall–Kier alpha value is -1.54. The fourth-order valence-electron chi connectivity index (χ4n) is 5.48. The van der Waals surface area contributed by atoms with Crippen molar-refractivity contribution in [2.45, 2.75) is 84.8 Å². The number of aryl methyl sites for hydroxylation is 1. The third-order valence-corrected chi connectivity index (χ3v) is 7.39. The molecule has 2 fully saturated rings. The van der Waals surface area contributed by atoms with E-state index in [4.69, 9.17) is 0 Å². The smallest absolute Gasteiger partial charge is 0.0851 e. The van der Waals surface area contributed by atoms with Crippen LogP contribution in [0.4, 0.5) is 0 Å². The highest BCUT2D eigenvalue weighted by Gasteiger charge is 2.34. The van der Waals surface area contributed by atoms with Gasteiger partial charge >= 0.3 is 0 Å². The molecule has 152 valence electrons. The van der Waals surface area contributed by atoms with Gasteiger partial charge in [-0.25, -0.2) is 0 Å². The van der Waals surface area contributed by atoms with Gasteiger partial charge in [-0.1, -0.05) is 44.2 Å². The summed E-state index contributed by atoms with van der Waals surface area (Å²) in [5.74, 6) is 2.98. The standard InChI is InChI=1S/C26H38N2/c1-6-24-19(5)28-26(24)27-15-23-14-20(13-22-12-17(22)3)11-18(4)25(23)21-9-7-8-16(2)10-21/h10-11,14,17,21-22,24,26-28H,5-9,12-13,15H2,1-4H3. The second-order valence-electron chi connectivity index (χ2n) is 9.72. The van der Waals surface area contributed by atoms with Crippen LogP contribution in [0.15, 0.2) is 36.1 Å². The molecule has 0 bridgehead atoms. The van der Waals surface area contributed by atoms with Gasteiger partial charge in [0.05, 0.1) is 6.17 Å². The van der Waals surface area contributed by atoms with E-state index in [1.54, 1.807) is 16.7 Å². The maximum absolute atomic E-state index is 4.13. The van der Waals surface area contributed by atoms with Crippen LogP contribution in [0.1, 0.15) is 81.0 Å². The van der Waals surface area contributed by atoms with E-state index in [0.29, 0.717) is 18.0 Å². The normalized spacial score (nSPS) is 31.8. The number of nitrogens with one attached hydrogen (secondary N) is 2. The predicted octanol–water partition coefficient (Wildman–Crippen LogP) is 5.97. The predicted molar refractivity (Wildman–Crippen MR) is 119 cm³/mol. The van der Waals surface area contributed by atoms with Crippen molar-refractivity contribution in [1.82, 2.24) is 10.6 Å². The van der Waals surface area contributed by atoms with Crippen LogP contribution >= 0.6 is 0 Å². The van der Waals surface area contributed by atoms with Gasteiger partial charge in [0.25, 0.3) is 0 Å². The number of hydrogen-bond acceptors (Lipinski definition) is 2. The van der Waals surface area contributed by atoms with Gasteiger partial charge in [0.15, 0.2) is 0 Å². The summed E-state index contributed by atoms with van der Waals surface area (Å²) in [6, 6.07) is 5.01. The van der Waals surface area contributed by atoms with E-state index in [-0.39, 0.29) is 0 Å². The van der Waals surface area contributed by atoms with E-state index in [0.717, 1.165) is 24.8 Å². The Morgan fingerprint density at radius 2 is 2.04 bits per heavy atom. The molecule has 0 amide bonds. The largest absolute Gasteiger partial charge is 0.373 e. The average molecular weight is 379 g/mol. The maximum atomic E-state index is 4.13. The summed E-state index contributed by atoms with van der Waals surface area (Å²) in [5.41, 5.74) is 8.91. The van der Waals surface area contributed by atoms with E-state index < -0.39 is 0 Å². The van der Waals surface area contributed by atoms with Crippen molar-refractivity contribution in [1.29, 1.82) is 0 Å². The van der Waals surface area contributed by atoms with Crippen LogP contribution in [0.3, 0.4) is 0 Å². The van der Waals surface area contributed by atoms with Crippen molar-refractivity contribution < 1.29 is 0 Å². The van der Waals surface area contributed by atoms with Gasteiger partial charge in [0.2, 0.25) is 0 Å². The van der Waals surface area contributed by atoms with E-state index in [1.807, 2.05) is 0 Å². The third kappa shape index (κ3) is 4.08. The Morgan fingerprint density at radius 3 is 2.68 bits per heavy atom. The molecule has 0 aromatic heterocycles. The van der Waals surface area contributed by atoms with Gasteiger partial charge in [-0.2, -0.15) is 0 Å². The first-order chi connectivity index (χ1) is 13.5. The molecule has 2 N–H and O–H groups in total. The van der Waals surface area contributed by atoms with Gasteiger partial charge in [-0.3, -0.25) is 5.32 Å². The van der Waals surface area contributed by atoms with Crippen LogP contribution in [0.25, 0.3) is 0 Å². The molecule has 1 aliphatic heterocycles.